The lowest BCUT2D eigenvalue weighted by atomic mass is 10.0. The van der Waals surface area contributed by atoms with Crippen LogP contribution in [0.4, 0.5) is 0 Å². The minimum atomic E-state index is 0.312. The van der Waals surface area contributed by atoms with Crippen molar-refractivity contribution in [3.05, 3.63) is 0 Å². The van der Waals surface area contributed by atoms with E-state index < -0.39 is 0 Å². The molecule has 0 fully saturated rings. The van der Waals surface area contributed by atoms with Crippen molar-refractivity contribution >= 4 is 0 Å². The van der Waals surface area contributed by atoms with Gasteiger partial charge in [0.1, 0.15) is 0 Å². The van der Waals surface area contributed by atoms with Crippen LogP contribution in [0.15, 0.2) is 0 Å². The highest BCUT2D eigenvalue weighted by atomic mass is 16.3. The molecule has 0 aromatic heterocycles. The second kappa shape index (κ2) is 28.9. The Labute approximate surface area is 191 Å². The third-order valence-corrected chi connectivity index (χ3v) is 6.47. The number of rotatable bonds is 27. The summed E-state index contributed by atoms with van der Waals surface area (Å²) in [5.74, 6) is 0. The van der Waals surface area contributed by atoms with Crippen LogP contribution in [0.1, 0.15) is 161 Å². The normalized spacial score (nSPS) is 11.4. The summed E-state index contributed by atoms with van der Waals surface area (Å²) >= 11 is 0. The zero-order chi connectivity index (χ0) is 21.8. The van der Waals surface area contributed by atoms with Crippen molar-refractivity contribution in [1.82, 2.24) is 5.32 Å². The molecule has 0 aliphatic carbocycles. The molecule has 2 heteroatoms. The van der Waals surface area contributed by atoms with Crippen molar-refractivity contribution in [3.8, 4) is 0 Å². The molecule has 0 rings (SSSR count). The zero-order valence-corrected chi connectivity index (χ0v) is 21.0. The molecule has 0 unspecified atom stereocenters. The Balaban J connectivity index is 2.97. The van der Waals surface area contributed by atoms with Crippen LogP contribution >= 0.6 is 0 Å². The van der Waals surface area contributed by atoms with Gasteiger partial charge in [-0.25, -0.2) is 0 Å². The van der Waals surface area contributed by atoms with Crippen molar-refractivity contribution in [1.29, 1.82) is 0 Å². The third-order valence-electron chi connectivity index (χ3n) is 6.47. The van der Waals surface area contributed by atoms with Crippen molar-refractivity contribution in [2.75, 3.05) is 19.7 Å². The standard InChI is InChI=1S/C28H59NO/c1-2-3-4-5-6-7-8-9-10-11-12-13-14-15-16-17-18-19-20-21-22-23-24-26-29-27-25-28-30/h29-30H,2-28H2,1H3. The van der Waals surface area contributed by atoms with Gasteiger partial charge in [0.2, 0.25) is 0 Å². The van der Waals surface area contributed by atoms with Crippen LogP contribution in [0.25, 0.3) is 0 Å². The van der Waals surface area contributed by atoms with Crippen LogP contribution in [-0.4, -0.2) is 24.8 Å². The number of aliphatic hydroxyl groups is 1. The van der Waals surface area contributed by atoms with Gasteiger partial charge in [0.25, 0.3) is 0 Å². The van der Waals surface area contributed by atoms with Gasteiger partial charge in [0.15, 0.2) is 0 Å². The van der Waals surface area contributed by atoms with Gasteiger partial charge in [-0.1, -0.05) is 148 Å². The SMILES string of the molecule is CCCCCCCCCCCCCCCCCCCCCCCCCNCCCO. The first-order chi connectivity index (χ1) is 14.9. The van der Waals surface area contributed by atoms with Gasteiger partial charge >= 0.3 is 0 Å². The van der Waals surface area contributed by atoms with Crippen LogP contribution in [0.5, 0.6) is 0 Å². The van der Waals surface area contributed by atoms with Crippen molar-refractivity contribution in [3.63, 3.8) is 0 Å². The lowest BCUT2D eigenvalue weighted by molar-refractivity contribution is 0.286. The van der Waals surface area contributed by atoms with Crippen molar-refractivity contribution < 1.29 is 5.11 Å². The van der Waals surface area contributed by atoms with Gasteiger partial charge < -0.3 is 10.4 Å². The Kier molecular flexibility index (Phi) is 28.8. The fourth-order valence-corrected chi connectivity index (χ4v) is 4.36. The number of nitrogens with one attached hydrogen (secondary N) is 1. The van der Waals surface area contributed by atoms with Gasteiger partial charge in [-0.15, -0.1) is 0 Å². The molecule has 0 aliphatic heterocycles. The number of hydrogen-bond acceptors (Lipinski definition) is 2. The van der Waals surface area contributed by atoms with Crippen LogP contribution in [0, 0.1) is 0 Å². The molecule has 30 heavy (non-hydrogen) atoms. The fraction of sp³-hybridized carbons (Fsp3) is 1.00. The van der Waals surface area contributed by atoms with E-state index in [1.54, 1.807) is 0 Å². The second-order valence-corrected chi connectivity index (χ2v) is 9.61. The molecule has 0 atom stereocenters. The Morgan fingerprint density at radius 1 is 0.367 bits per heavy atom. The molecule has 0 saturated heterocycles. The summed E-state index contributed by atoms with van der Waals surface area (Å²) in [5.41, 5.74) is 0. The number of aliphatic hydroxyl groups excluding tert-OH is 1. The smallest absolute Gasteiger partial charge is 0.0443 e. The van der Waals surface area contributed by atoms with Crippen LogP contribution in [-0.2, 0) is 0 Å². The first-order valence-electron chi connectivity index (χ1n) is 14.2. The van der Waals surface area contributed by atoms with E-state index >= 15 is 0 Å². The molecule has 0 radical (unpaired) electrons. The molecule has 0 saturated carbocycles. The molecule has 0 heterocycles. The third kappa shape index (κ3) is 27.9. The first-order valence-corrected chi connectivity index (χ1v) is 14.2. The van der Waals surface area contributed by atoms with Crippen LogP contribution in [0.2, 0.25) is 0 Å². The molecular formula is C28H59NO. The molecule has 2 N–H and O–H groups in total. The molecular weight excluding hydrogens is 366 g/mol. The highest BCUT2D eigenvalue weighted by molar-refractivity contribution is 4.52. The fourth-order valence-electron chi connectivity index (χ4n) is 4.36. The summed E-state index contributed by atoms with van der Waals surface area (Å²) in [6.07, 6.45) is 34.2. The van der Waals surface area contributed by atoms with E-state index in [9.17, 15) is 0 Å². The average Bonchev–Trinajstić information content (AvgIpc) is 2.76. The second-order valence-electron chi connectivity index (χ2n) is 9.61. The van der Waals surface area contributed by atoms with Gasteiger partial charge in [-0.2, -0.15) is 0 Å². The maximum absolute atomic E-state index is 8.71. The Bertz CT molecular complexity index is 254. The summed E-state index contributed by atoms with van der Waals surface area (Å²) in [6.45, 7) is 4.70. The zero-order valence-electron chi connectivity index (χ0n) is 21.0. The molecule has 2 nitrogen and oxygen atoms in total. The first kappa shape index (κ1) is 29.9. The van der Waals surface area contributed by atoms with E-state index in [-0.39, 0.29) is 0 Å². The van der Waals surface area contributed by atoms with E-state index in [4.69, 9.17) is 5.11 Å². The Morgan fingerprint density at radius 3 is 0.933 bits per heavy atom. The molecule has 0 aliphatic rings. The maximum atomic E-state index is 8.71. The molecule has 0 aromatic rings. The van der Waals surface area contributed by atoms with E-state index in [0.29, 0.717) is 6.61 Å². The Morgan fingerprint density at radius 2 is 0.633 bits per heavy atom. The lowest BCUT2D eigenvalue weighted by Crippen LogP contribution is -2.17. The Hall–Kier alpha value is -0.0800. The average molecular weight is 426 g/mol. The van der Waals surface area contributed by atoms with Gasteiger partial charge in [-0.3, -0.25) is 0 Å². The monoisotopic (exact) mass is 425 g/mol. The predicted molar refractivity (Wildman–Crippen MR) is 136 cm³/mol. The highest BCUT2D eigenvalue weighted by Crippen LogP contribution is 2.15. The largest absolute Gasteiger partial charge is 0.396 e. The molecule has 0 bridgehead atoms. The maximum Gasteiger partial charge on any atom is 0.0443 e. The summed E-state index contributed by atoms with van der Waals surface area (Å²) < 4.78 is 0. The van der Waals surface area contributed by atoms with Gasteiger partial charge in [0.05, 0.1) is 0 Å². The number of hydrogen-bond donors (Lipinski definition) is 2. The summed E-state index contributed by atoms with van der Waals surface area (Å²) in [6, 6.07) is 0. The van der Waals surface area contributed by atoms with Crippen LogP contribution < -0.4 is 5.32 Å². The van der Waals surface area contributed by atoms with E-state index in [2.05, 4.69) is 12.2 Å². The van der Waals surface area contributed by atoms with Gasteiger partial charge in [0, 0.05) is 6.61 Å². The van der Waals surface area contributed by atoms with E-state index in [1.165, 1.54) is 148 Å². The number of unbranched alkanes of at least 4 members (excludes halogenated alkanes) is 22. The van der Waals surface area contributed by atoms with E-state index in [0.717, 1.165) is 19.5 Å². The van der Waals surface area contributed by atoms with Crippen molar-refractivity contribution in [2.24, 2.45) is 0 Å². The van der Waals surface area contributed by atoms with E-state index in [1.807, 2.05) is 0 Å². The van der Waals surface area contributed by atoms with Gasteiger partial charge in [-0.05, 0) is 25.9 Å². The molecule has 0 aromatic carbocycles. The summed E-state index contributed by atoms with van der Waals surface area (Å²) in [5, 5.41) is 12.1. The minimum Gasteiger partial charge on any atom is -0.396 e. The topological polar surface area (TPSA) is 32.3 Å². The summed E-state index contributed by atoms with van der Waals surface area (Å²) in [7, 11) is 0. The summed E-state index contributed by atoms with van der Waals surface area (Å²) in [4.78, 5) is 0. The minimum absolute atomic E-state index is 0.312. The molecule has 0 spiro atoms. The molecule has 0 amide bonds. The van der Waals surface area contributed by atoms with Crippen molar-refractivity contribution in [2.45, 2.75) is 161 Å². The lowest BCUT2D eigenvalue weighted by Gasteiger charge is -2.05. The highest BCUT2D eigenvalue weighted by Gasteiger charge is 1.96. The quantitative estimate of drug-likeness (QED) is 0.129. The molecule has 182 valence electrons. The van der Waals surface area contributed by atoms with Crippen LogP contribution in [0.3, 0.4) is 0 Å². The predicted octanol–water partition coefficient (Wildman–Crippen LogP) is 8.95.